The number of ether oxygens (including phenoxy) is 1. The summed E-state index contributed by atoms with van der Waals surface area (Å²) < 4.78 is 9.55. The number of nitrogens with one attached hydrogen (secondary N) is 1. The van der Waals surface area contributed by atoms with E-state index >= 15 is 0 Å². The number of rotatable bonds is 3. The molecular weight excluding hydrogens is 158 g/mol. The van der Waals surface area contributed by atoms with Gasteiger partial charge in [0.15, 0.2) is 0 Å². The van der Waals surface area contributed by atoms with Crippen molar-refractivity contribution in [1.29, 1.82) is 5.41 Å². The number of carbonyl (C=O) groups is 1. The molecule has 1 N–H and O–H groups in total. The van der Waals surface area contributed by atoms with Gasteiger partial charge in [-0.05, 0) is 13.0 Å². The van der Waals surface area contributed by atoms with Gasteiger partial charge in [0, 0.05) is 0 Å². The molecule has 1 aromatic rings. The van der Waals surface area contributed by atoms with E-state index in [9.17, 15) is 4.79 Å². The minimum Gasteiger partial charge on any atom is -0.462 e. The predicted molar refractivity (Wildman–Crippen MR) is 42.6 cm³/mol. The molecule has 4 nitrogen and oxygen atoms in total. The van der Waals surface area contributed by atoms with E-state index in [1.54, 1.807) is 6.92 Å². The third kappa shape index (κ3) is 1.72. The lowest BCUT2D eigenvalue weighted by molar-refractivity contribution is 0.0525. The van der Waals surface area contributed by atoms with Crippen molar-refractivity contribution in [3.63, 3.8) is 0 Å². The van der Waals surface area contributed by atoms with E-state index in [0.717, 1.165) is 6.21 Å². The first-order valence-electron chi connectivity index (χ1n) is 3.54. The zero-order valence-electron chi connectivity index (χ0n) is 6.66. The Labute approximate surface area is 69.6 Å². The topological polar surface area (TPSA) is 63.3 Å². The van der Waals surface area contributed by atoms with Crippen molar-refractivity contribution in [2.45, 2.75) is 6.92 Å². The van der Waals surface area contributed by atoms with E-state index in [2.05, 4.69) is 0 Å². The van der Waals surface area contributed by atoms with Gasteiger partial charge in [0.1, 0.15) is 12.0 Å². The molecule has 1 heterocycles. The lowest BCUT2D eigenvalue weighted by Gasteiger charge is -1.95. The Morgan fingerprint density at radius 1 is 1.83 bits per heavy atom. The second kappa shape index (κ2) is 3.71. The summed E-state index contributed by atoms with van der Waals surface area (Å²) in [4.78, 5) is 11.0. The van der Waals surface area contributed by atoms with Crippen LogP contribution >= 0.6 is 0 Å². The second-order valence-electron chi connectivity index (χ2n) is 2.10. The molecule has 0 unspecified atom stereocenters. The fourth-order valence-electron chi connectivity index (χ4n) is 0.750. The molecular formula is C8H9NO3. The third-order valence-corrected chi connectivity index (χ3v) is 1.27. The van der Waals surface area contributed by atoms with Crippen molar-refractivity contribution in [3.05, 3.63) is 23.7 Å². The van der Waals surface area contributed by atoms with Gasteiger partial charge >= 0.3 is 5.97 Å². The van der Waals surface area contributed by atoms with Gasteiger partial charge in [-0.2, -0.15) is 0 Å². The van der Waals surface area contributed by atoms with Crippen LogP contribution < -0.4 is 0 Å². The molecule has 0 bridgehead atoms. The average molecular weight is 167 g/mol. The Hall–Kier alpha value is -1.58. The highest BCUT2D eigenvalue weighted by molar-refractivity contribution is 5.90. The fourth-order valence-corrected chi connectivity index (χ4v) is 0.750. The van der Waals surface area contributed by atoms with E-state index in [1.807, 2.05) is 0 Å². The highest BCUT2D eigenvalue weighted by atomic mass is 16.5. The Kier molecular flexibility index (Phi) is 2.63. The van der Waals surface area contributed by atoms with Crippen LogP contribution in [0.1, 0.15) is 23.0 Å². The zero-order valence-corrected chi connectivity index (χ0v) is 6.66. The molecule has 0 fully saturated rings. The van der Waals surface area contributed by atoms with Crippen LogP contribution in [0.2, 0.25) is 0 Å². The van der Waals surface area contributed by atoms with Crippen molar-refractivity contribution in [1.82, 2.24) is 0 Å². The molecule has 1 rings (SSSR count). The third-order valence-electron chi connectivity index (χ3n) is 1.27. The van der Waals surface area contributed by atoms with Crippen LogP contribution in [0.15, 0.2) is 16.7 Å². The van der Waals surface area contributed by atoms with Crippen LogP contribution in [0.3, 0.4) is 0 Å². The zero-order chi connectivity index (χ0) is 8.97. The highest BCUT2D eigenvalue weighted by Crippen LogP contribution is 2.06. The normalized spacial score (nSPS) is 9.42. The summed E-state index contributed by atoms with van der Waals surface area (Å²) in [6.45, 7) is 2.07. The Morgan fingerprint density at radius 2 is 2.58 bits per heavy atom. The van der Waals surface area contributed by atoms with Crippen molar-refractivity contribution in [3.8, 4) is 0 Å². The van der Waals surface area contributed by atoms with E-state index in [4.69, 9.17) is 14.6 Å². The summed E-state index contributed by atoms with van der Waals surface area (Å²) in [5, 5.41) is 6.83. The molecule has 0 radical (unpaired) electrons. The molecule has 0 aromatic carbocycles. The summed E-state index contributed by atoms with van der Waals surface area (Å²) >= 11 is 0. The molecule has 0 amide bonds. The first-order valence-corrected chi connectivity index (χ1v) is 3.54. The number of furan rings is 1. The van der Waals surface area contributed by atoms with E-state index in [0.29, 0.717) is 17.9 Å². The molecule has 4 heteroatoms. The second-order valence-corrected chi connectivity index (χ2v) is 2.10. The minimum absolute atomic E-state index is 0.337. The first kappa shape index (κ1) is 8.52. The Balaban J connectivity index is 2.74. The van der Waals surface area contributed by atoms with Gasteiger partial charge in [0.25, 0.3) is 0 Å². The van der Waals surface area contributed by atoms with Crippen LogP contribution in [0.4, 0.5) is 0 Å². The molecule has 0 spiro atoms. The van der Waals surface area contributed by atoms with Crippen LogP contribution in [0.25, 0.3) is 0 Å². The maximum Gasteiger partial charge on any atom is 0.341 e. The summed E-state index contributed by atoms with van der Waals surface area (Å²) in [7, 11) is 0. The number of hydrogen-bond acceptors (Lipinski definition) is 4. The standard InChI is InChI=1S/C8H9NO3/c1-2-11-8(10)6-3-7(4-9)12-5-6/h3-5,9H,2H2,1H3. The van der Waals surface area contributed by atoms with Crippen molar-refractivity contribution < 1.29 is 13.9 Å². The van der Waals surface area contributed by atoms with E-state index < -0.39 is 5.97 Å². The van der Waals surface area contributed by atoms with Gasteiger partial charge in [-0.15, -0.1) is 0 Å². The number of hydrogen-bond donors (Lipinski definition) is 1. The maximum absolute atomic E-state index is 11.0. The molecule has 0 atom stereocenters. The van der Waals surface area contributed by atoms with Gasteiger partial charge in [-0.25, -0.2) is 4.79 Å². The quantitative estimate of drug-likeness (QED) is 0.547. The summed E-state index contributed by atoms with van der Waals surface area (Å²) in [5.74, 6) is -0.0765. The molecule has 0 saturated carbocycles. The SMILES string of the molecule is CCOC(=O)c1coc(C=N)c1. The highest BCUT2D eigenvalue weighted by Gasteiger charge is 2.09. The van der Waals surface area contributed by atoms with Crippen LogP contribution in [-0.4, -0.2) is 18.8 Å². The molecule has 0 saturated heterocycles. The van der Waals surface area contributed by atoms with Gasteiger partial charge < -0.3 is 14.6 Å². The lowest BCUT2D eigenvalue weighted by Crippen LogP contribution is -2.02. The van der Waals surface area contributed by atoms with E-state index in [1.165, 1.54) is 12.3 Å². The van der Waals surface area contributed by atoms with Gasteiger partial charge in [0.05, 0.1) is 18.4 Å². The van der Waals surface area contributed by atoms with Crippen LogP contribution in [-0.2, 0) is 4.74 Å². The van der Waals surface area contributed by atoms with Gasteiger partial charge in [-0.1, -0.05) is 0 Å². The Morgan fingerprint density at radius 3 is 3.08 bits per heavy atom. The molecule has 0 aliphatic rings. The Bertz CT molecular complexity index is 290. The molecule has 12 heavy (non-hydrogen) atoms. The maximum atomic E-state index is 11.0. The molecule has 1 aromatic heterocycles. The fraction of sp³-hybridized carbons (Fsp3) is 0.250. The largest absolute Gasteiger partial charge is 0.462 e. The molecule has 0 aliphatic heterocycles. The monoisotopic (exact) mass is 167 g/mol. The number of carbonyl (C=O) groups excluding carboxylic acids is 1. The van der Waals surface area contributed by atoms with Crippen molar-refractivity contribution in [2.24, 2.45) is 0 Å². The van der Waals surface area contributed by atoms with Gasteiger partial charge in [-0.3, -0.25) is 0 Å². The summed E-state index contributed by atoms with van der Waals surface area (Å²) in [6.07, 6.45) is 2.31. The van der Waals surface area contributed by atoms with Gasteiger partial charge in [0.2, 0.25) is 0 Å². The summed E-state index contributed by atoms with van der Waals surface area (Å²) in [5.41, 5.74) is 0.343. The van der Waals surface area contributed by atoms with Crippen molar-refractivity contribution in [2.75, 3.05) is 6.61 Å². The average Bonchev–Trinajstić information content (AvgIpc) is 2.52. The predicted octanol–water partition coefficient (Wildman–Crippen LogP) is 1.45. The number of esters is 1. The molecule has 0 aliphatic carbocycles. The smallest absolute Gasteiger partial charge is 0.341 e. The van der Waals surface area contributed by atoms with Crippen molar-refractivity contribution >= 4 is 12.2 Å². The minimum atomic E-state index is -0.422. The molecule has 64 valence electrons. The van der Waals surface area contributed by atoms with Crippen LogP contribution in [0, 0.1) is 5.41 Å². The first-order chi connectivity index (χ1) is 5.77. The lowest BCUT2D eigenvalue weighted by atomic mass is 10.3. The summed E-state index contributed by atoms with van der Waals surface area (Å²) in [6, 6.07) is 1.46. The van der Waals surface area contributed by atoms with E-state index in [-0.39, 0.29) is 0 Å². The van der Waals surface area contributed by atoms with Crippen LogP contribution in [0.5, 0.6) is 0 Å².